The molecule has 0 bridgehead atoms. The molecule has 1 aromatic rings. The quantitative estimate of drug-likeness (QED) is 0.590. The molecular formula is C13H16N4O. The van der Waals surface area contributed by atoms with Crippen molar-refractivity contribution in [2.24, 2.45) is 10.8 Å². The van der Waals surface area contributed by atoms with E-state index in [1.807, 2.05) is 24.3 Å². The number of carbonyl (C=O) groups is 1. The number of anilines is 1. The summed E-state index contributed by atoms with van der Waals surface area (Å²) in [6.07, 6.45) is 3.10. The normalized spacial score (nSPS) is 10.8. The average molecular weight is 244 g/mol. The van der Waals surface area contributed by atoms with Crippen LogP contribution in [0.25, 0.3) is 0 Å². The lowest BCUT2D eigenvalue weighted by molar-refractivity contribution is -0.111. The third-order valence-corrected chi connectivity index (χ3v) is 2.44. The van der Waals surface area contributed by atoms with Gasteiger partial charge in [-0.05, 0) is 24.5 Å². The number of hydrogen-bond donors (Lipinski definition) is 2. The van der Waals surface area contributed by atoms with Crippen LogP contribution in [0.2, 0.25) is 0 Å². The third kappa shape index (κ3) is 3.91. The summed E-state index contributed by atoms with van der Waals surface area (Å²) in [5, 5.41) is 12.4. The van der Waals surface area contributed by atoms with Gasteiger partial charge in [0, 0.05) is 0 Å². The van der Waals surface area contributed by atoms with Crippen LogP contribution in [-0.4, -0.2) is 11.6 Å². The Morgan fingerprint density at radius 2 is 2.22 bits per heavy atom. The molecule has 5 nitrogen and oxygen atoms in total. The Morgan fingerprint density at radius 1 is 1.50 bits per heavy atom. The average Bonchev–Trinajstić information content (AvgIpc) is 2.38. The zero-order valence-corrected chi connectivity index (χ0v) is 10.3. The number of para-hydroxylation sites is 1. The minimum absolute atomic E-state index is 0.333. The molecule has 0 radical (unpaired) electrons. The molecule has 1 amide bonds. The summed E-state index contributed by atoms with van der Waals surface area (Å²) >= 11 is 0. The van der Waals surface area contributed by atoms with Crippen molar-refractivity contribution in [3.05, 3.63) is 29.8 Å². The van der Waals surface area contributed by atoms with E-state index >= 15 is 0 Å². The second-order valence-corrected chi connectivity index (χ2v) is 3.81. The first kappa shape index (κ1) is 13.7. The molecule has 0 unspecified atom stereocenters. The maximum Gasteiger partial charge on any atom is 0.280 e. The molecule has 0 saturated heterocycles. The molecule has 0 aliphatic carbocycles. The van der Waals surface area contributed by atoms with Gasteiger partial charge in [-0.15, -0.1) is 0 Å². The molecule has 5 heteroatoms. The number of rotatable bonds is 6. The lowest BCUT2D eigenvalue weighted by Crippen LogP contribution is -2.22. The van der Waals surface area contributed by atoms with E-state index in [1.54, 1.807) is 6.07 Å². The first-order valence-electron chi connectivity index (χ1n) is 5.80. The third-order valence-electron chi connectivity index (χ3n) is 2.44. The van der Waals surface area contributed by atoms with Crippen LogP contribution in [0, 0.1) is 11.3 Å². The van der Waals surface area contributed by atoms with Crippen LogP contribution < -0.4 is 11.2 Å². The molecule has 3 N–H and O–H groups in total. The van der Waals surface area contributed by atoms with Crippen molar-refractivity contribution in [3.63, 3.8) is 0 Å². The lowest BCUT2D eigenvalue weighted by Gasteiger charge is -2.07. The summed E-state index contributed by atoms with van der Waals surface area (Å²) in [5.74, 6) is -0.837. The summed E-state index contributed by atoms with van der Waals surface area (Å²) in [5.41, 5.74) is 9.28. The number of nitrogens with one attached hydrogen (secondary N) is 1. The smallest absolute Gasteiger partial charge is 0.280 e. The number of benzene rings is 1. The van der Waals surface area contributed by atoms with E-state index < -0.39 is 5.91 Å². The van der Waals surface area contributed by atoms with Crippen LogP contribution in [0.5, 0.6) is 0 Å². The van der Waals surface area contributed by atoms with Gasteiger partial charge >= 0.3 is 0 Å². The van der Waals surface area contributed by atoms with E-state index in [9.17, 15) is 4.79 Å². The highest BCUT2D eigenvalue weighted by Gasteiger charge is 2.06. The number of primary amides is 1. The molecule has 0 spiro atoms. The minimum Gasteiger partial charge on any atom is -0.364 e. The van der Waals surface area contributed by atoms with E-state index in [4.69, 9.17) is 11.0 Å². The SMILES string of the molecule is CCCCc1ccccc1NN=C(C#N)C(N)=O. The molecule has 1 aromatic carbocycles. The second kappa shape index (κ2) is 7.07. The van der Waals surface area contributed by atoms with Gasteiger partial charge in [0.1, 0.15) is 6.07 Å². The Labute approximate surface area is 106 Å². The lowest BCUT2D eigenvalue weighted by atomic mass is 10.1. The van der Waals surface area contributed by atoms with Crippen molar-refractivity contribution in [3.8, 4) is 6.07 Å². The summed E-state index contributed by atoms with van der Waals surface area (Å²) in [6.45, 7) is 2.12. The molecule has 0 aromatic heterocycles. The standard InChI is InChI=1S/C13H16N4O/c1-2-3-6-10-7-4-5-8-11(10)16-17-12(9-14)13(15)18/h4-5,7-8,16H,2-3,6H2,1H3,(H2,15,18). The number of nitrogens with two attached hydrogens (primary N) is 1. The Hall–Kier alpha value is -2.35. The monoisotopic (exact) mass is 244 g/mol. The Balaban J connectivity index is 2.84. The van der Waals surface area contributed by atoms with Crippen LogP contribution in [0.15, 0.2) is 29.4 Å². The van der Waals surface area contributed by atoms with Crippen LogP contribution in [0.1, 0.15) is 25.3 Å². The van der Waals surface area contributed by atoms with Gasteiger partial charge in [-0.2, -0.15) is 10.4 Å². The van der Waals surface area contributed by atoms with E-state index in [-0.39, 0.29) is 5.71 Å². The van der Waals surface area contributed by atoms with Crippen molar-refractivity contribution in [1.29, 1.82) is 5.26 Å². The van der Waals surface area contributed by atoms with Crippen molar-refractivity contribution in [2.45, 2.75) is 26.2 Å². The highest BCUT2D eigenvalue weighted by molar-refractivity contribution is 6.44. The van der Waals surface area contributed by atoms with Crippen molar-refractivity contribution < 1.29 is 4.79 Å². The van der Waals surface area contributed by atoms with Gasteiger partial charge < -0.3 is 5.73 Å². The molecule has 0 aliphatic heterocycles. The molecule has 1 rings (SSSR count). The topological polar surface area (TPSA) is 91.3 Å². The highest BCUT2D eigenvalue weighted by atomic mass is 16.1. The van der Waals surface area contributed by atoms with Crippen molar-refractivity contribution in [1.82, 2.24) is 0 Å². The zero-order chi connectivity index (χ0) is 13.4. The minimum atomic E-state index is -0.837. The summed E-state index contributed by atoms with van der Waals surface area (Å²) in [7, 11) is 0. The molecule has 0 atom stereocenters. The zero-order valence-electron chi connectivity index (χ0n) is 10.3. The van der Waals surface area contributed by atoms with Crippen molar-refractivity contribution >= 4 is 17.3 Å². The molecule has 94 valence electrons. The van der Waals surface area contributed by atoms with Crippen LogP contribution in [0.3, 0.4) is 0 Å². The van der Waals surface area contributed by atoms with Crippen LogP contribution in [-0.2, 0) is 11.2 Å². The predicted molar refractivity (Wildman–Crippen MR) is 70.9 cm³/mol. The highest BCUT2D eigenvalue weighted by Crippen LogP contribution is 2.17. The van der Waals surface area contributed by atoms with Crippen LogP contribution >= 0.6 is 0 Å². The second-order valence-electron chi connectivity index (χ2n) is 3.81. The summed E-state index contributed by atoms with van der Waals surface area (Å²) < 4.78 is 0. The number of nitriles is 1. The number of hydrazone groups is 1. The van der Waals surface area contributed by atoms with Gasteiger partial charge in [-0.3, -0.25) is 10.2 Å². The largest absolute Gasteiger partial charge is 0.364 e. The van der Waals surface area contributed by atoms with Gasteiger partial charge in [0.15, 0.2) is 0 Å². The van der Waals surface area contributed by atoms with Gasteiger partial charge in [-0.25, -0.2) is 0 Å². The Morgan fingerprint density at radius 3 is 2.83 bits per heavy atom. The number of amides is 1. The maximum absolute atomic E-state index is 10.8. The fraction of sp³-hybridized carbons (Fsp3) is 0.308. The number of nitrogens with zero attached hydrogens (tertiary/aromatic N) is 2. The number of hydrogen-bond acceptors (Lipinski definition) is 4. The van der Waals surface area contributed by atoms with Gasteiger partial charge in [0.2, 0.25) is 5.71 Å². The summed E-state index contributed by atoms with van der Waals surface area (Å²) in [4.78, 5) is 10.8. The van der Waals surface area contributed by atoms with Gasteiger partial charge in [-0.1, -0.05) is 31.5 Å². The Bertz CT molecular complexity index is 488. The molecule has 0 aliphatic rings. The molecule has 18 heavy (non-hydrogen) atoms. The number of carbonyl (C=O) groups excluding carboxylic acids is 1. The molecular weight excluding hydrogens is 228 g/mol. The molecule has 0 fully saturated rings. The molecule has 0 saturated carbocycles. The van der Waals surface area contributed by atoms with E-state index in [0.29, 0.717) is 0 Å². The predicted octanol–water partition coefficient (Wildman–Crippen LogP) is 1.81. The van der Waals surface area contributed by atoms with E-state index in [1.165, 1.54) is 0 Å². The van der Waals surface area contributed by atoms with Crippen LogP contribution in [0.4, 0.5) is 5.69 Å². The molecule has 0 heterocycles. The fourth-order valence-corrected chi connectivity index (χ4v) is 1.47. The fourth-order valence-electron chi connectivity index (χ4n) is 1.47. The van der Waals surface area contributed by atoms with Gasteiger partial charge in [0.25, 0.3) is 5.91 Å². The first-order chi connectivity index (χ1) is 8.69. The summed E-state index contributed by atoms with van der Waals surface area (Å²) in [6, 6.07) is 9.30. The van der Waals surface area contributed by atoms with Gasteiger partial charge in [0.05, 0.1) is 5.69 Å². The maximum atomic E-state index is 10.8. The number of unbranched alkanes of at least 4 members (excludes halogenated alkanes) is 1. The number of aryl methyl sites for hydroxylation is 1. The first-order valence-corrected chi connectivity index (χ1v) is 5.80. The van der Waals surface area contributed by atoms with E-state index in [0.717, 1.165) is 30.5 Å². The van der Waals surface area contributed by atoms with E-state index in [2.05, 4.69) is 17.5 Å². The Kier molecular flexibility index (Phi) is 5.39. The van der Waals surface area contributed by atoms with Crippen molar-refractivity contribution in [2.75, 3.05) is 5.43 Å².